The van der Waals surface area contributed by atoms with Crippen LogP contribution in [0.25, 0.3) is 0 Å². The third kappa shape index (κ3) is 2.81. The molecule has 2 unspecified atom stereocenters. The first-order valence-corrected chi connectivity index (χ1v) is 9.20. The number of benzene rings is 2. The summed E-state index contributed by atoms with van der Waals surface area (Å²) in [6.45, 7) is 0. The first-order chi connectivity index (χ1) is 11.7. The lowest BCUT2D eigenvalue weighted by atomic mass is 9.90. The Hall–Kier alpha value is -1.89. The highest BCUT2D eigenvalue weighted by Crippen LogP contribution is 2.49. The second kappa shape index (κ2) is 6.55. The molecule has 1 aliphatic heterocycles. The van der Waals surface area contributed by atoms with Crippen LogP contribution < -0.4 is 9.64 Å². The number of fused-ring (bicyclic) bond motifs is 2. The fourth-order valence-electron chi connectivity index (χ4n) is 3.68. The summed E-state index contributed by atoms with van der Waals surface area (Å²) in [5.41, 5.74) is 1.95. The van der Waals surface area contributed by atoms with E-state index in [4.69, 9.17) is 8.92 Å². The number of rotatable bonds is 3. The maximum Gasteiger partial charge on any atom is 0.302 e. The van der Waals surface area contributed by atoms with Gasteiger partial charge in [-0.25, -0.2) is 0 Å². The molecule has 2 aromatic carbocycles. The molecule has 0 radical (unpaired) electrons. The van der Waals surface area contributed by atoms with Crippen LogP contribution in [0.4, 0.5) is 11.4 Å². The molecule has 126 valence electrons. The first-order valence-electron chi connectivity index (χ1n) is 8.17. The van der Waals surface area contributed by atoms with E-state index < -0.39 is 11.4 Å². The van der Waals surface area contributed by atoms with Gasteiger partial charge in [0.25, 0.3) is 0 Å². The Labute approximate surface area is 143 Å². The summed E-state index contributed by atoms with van der Waals surface area (Å²) in [7, 11) is 0. The SMILES string of the molecule is O=S(O)OC1CCCC[C@H]1N1c2ccccc2Oc2ccccc21. The molecule has 4 rings (SSSR count). The summed E-state index contributed by atoms with van der Waals surface area (Å²) in [5, 5.41) is 0. The quantitative estimate of drug-likeness (QED) is 0.836. The molecule has 1 heterocycles. The van der Waals surface area contributed by atoms with Crippen molar-refractivity contribution in [3.8, 4) is 11.5 Å². The van der Waals surface area contributed by atoms with Gasteiger partial charge in [0.15, 0.2) is 11.5 Å². The van der Waals surface area contributed by atoms with Crippen LogP contribution in [-0.4, -0.2) is 20.9 Å². The zero-order valence-corrected chi connectivity index (χ0v) is 13.9. The lowest BCUT2D eigenvalue weighted by Gasteiger charge is -2.43. The molecule has 0 aromatic heterocycles. The van der Waals surface area contributed by atoms with Crippen LogP contribution in [0.3, 0.4) is 0 Å². The number of hydrogen-bond donors (Lipinski definition) is 1. The molecule has 1 aliphatic carbocycles. The van der Waals surface area contributed by atoms with Crippen LogP contribution in [-0.2, 0) is 15.5 Å². The van der Waals surface area contributed by atoms with Crippen molar-refractivity contribution in [2.24, 2.45) is 0 Å². The first kappa shape index (κ1) is 15.6. The van der Waals surface area contributed by atoms with E-state index in [1.54, 1.807) is 0 Å². The topological polar surface area (TPSA) is 59.0 Å². The van der Waals surface area contributed by atoms with Gasteiger partial charge >= 0.3 is 11.4 Å². The lowest BCUT2D eigenvalue weighted by molar-refractivity contribution is 0.135. The van der Waals surface area contributed by atoms with Gasteiger partial charge < -0.3 is 9.64 Å². The second-order valence-electron chi connectivity index (χ2n) is 6.11. The van der Waals surface area contributed by atoms with E-state index in [1.165, 1.54) is 0 Å². The smallest absolute Gasteiger partial charge is 0.302 e. The Kier molecular flexibility index (Phi) is 4.26. The Balaban J connectivity index is 1.79. The van der Waals surface area contributed by atoms with E-state index in [0.717, 1.165) is 48.6 Å². The van der Waals surface area contributed by atoms with Gasteiger partial charge in [-0.05, 0) is 37.1 Å². The monoisotopic (exact) mass is 345 g/mol. The minimum atomic E-state index is -2.26. The van der Waals surface area contributed by atoms with Crippen molar-refractivity contribution >= 4 is 22.7 Å². The van der Waals surface area contributed by atoms with Gasteiger partial charge in [-0.2, -0.15) is 4.21 Å². The Morgan fingerprint density at radius 3 is 2.21 bits per heavy atom. The lowest BCUT2D eigenvalue weighted by Crippen LogP contribution is -2.45. The van der Waals surface area contributed by atoms with Gasteiger partial charge in [-0.3, -0.25) is 8.74 Å². The number of anilines is 2. The predicted octanol–water partition coefficient (Wildman–Crippen LogP) is 4.39. The van der Waals surface area contributed by atoms with E-state index in [2.05, 4.69) is 4.90 Å². The van der Waals surface area contributed by atoms with Crippen molar-refractivity contribution in [1.29, 1.82) is 0 Å². The highest BCUT2D eigenvalue weighted by atomic mass is 32.2. The predicted molar refractivity (Wildman–Crippen MR) is 93.0 cm³/mol. The van der Waals surface area contributed by atoms with Crippen LogP contribution >= 0.6 is 0 Å². The molecule has 3 atom stereocenters. The average molecular weight is 345 g/mol. The van der Waals surface area contributed by atoms with Crippen LogP contribution in [0.15, 0.2) is 48.5 Å². The van der Waals surface area contributed by atoms with Crippen molar-refractivity contribution in [2.75, 3.05) is 4.90 Å². The van der Waals surface area contributed by atoms with Gasteiger partial charge in [-0.15, -0.1) is 0 Å². The molecular weight excluding hydrogens is 326 g/mol. The van der Waals surface area contributed by atoms with Crippen molar-refractivity contribution in [3.63, 3.8) is 0 Å². The van der Waals surface area contributed by atoms with E-state index in [0.29, 0.717) is 0 Å². The molecule has 0 bridgehead atoms. The maximum absolute atomic E-state index is 11.2. The largest absolute Gasteiger partial charge is 0.453 e. The summed E-state index contributed by atoms with van der Waals surface area (Å²) in [6, 6.07) is 15.8. The van der Waals surface area contributed by atoms with E-state index >= 15 is 0 Å². The number of nitrogens with zero attached hydrogens (tertiary/aromatic N) is 1. The van der Waals surface area contributed by atoms with Gasteiger partial charge in [-0.1, -0.05) is 37.1 Å². The second-order valence-corrected chi connectivity index (χ2v) is 6.74. The van der Waals surface area contributed by atoms with Crippen LogP contribution in [0.5, 0.6) is 11.5 Å². The Morgan fingerprint density at radius 1 is 1.00 bits per heavy atom. The fraction of sp³-hybridized carbons (Fsp3) is 0.333. The minimum Gasteiger partial charge on any atom is -0.453 e. The summed E-state index contributed by atoms with van der Waals surface area (Å²) in [5.74, 6) is 1.59. The summed E-state index contributed by atoms with van der Waals surface area (Å²) < 4.78 is 31.8. The average Bonchev–Trinajstić information content (AvgIpc) is 2.60. The van der Waals surface area contributed by atoms with Crippen molar-refractivity contribution < 1.29 is 17.7 Å². The van der Waals surface area contributed by atoms with Gasteiger partial charge in [0, 0.05) is 0 Å². The van der Waals surface area contributed by atoms with Crippen molar-refractivity contribution in [1.82, 2.24) is 0 Å². The number of hydrogen-bond acceptors (Lipinski definition) is 4. The standard InChI is InChI=1S/C18H19NO4S/c20-24(21)23-18-12-6-3-9-15(18)19-13-7-1-4-10-16(13)22-17-11-5-2-8-14(17)19/h1-2,4-5,7-8,10-11,15,18H,3,6,9,12H2,(H,20,21)/t15-,18?/m1/s1. The summed E-state index contributed by atoms with van der Waals surface area (Å²) in [6.07, 6.45) is 3.48. The molecule has 2 aromatic rings. The van der Waals surface area contributed by atoms with Crippen LogP contribution in [0.1, 0.15) is 25.7 Å². The summed E-state index contributed by atoms with van der Waals surface area (Å²) in [4.78, 5) is 2.21. The normalized spacial score (nSPS) is 23.8. The zero-order valence-electron chi connectivity index (χ0n) is 13.1. The molecule has 24 heavy (non-hydrogen) atoms. The molecular formula is C18H19NO4S. The fourth-order valence-corrected chi connectivity index (χ4v) is 4.12. The van der Waals surface area contributed by atoms with Crippen molar-refractivity contribution in [2.45, 2.75) is 37.8 Å². The molecule has 0 spiro atoms. The van der Waals surface area contributed by atoms with Crippen LogP contribution in [0.2, 0.25) is 0 Å². The molecule has 5 nitrogen and oxygen atoms in total. The van der Waals surface area contributed by atoms with Gasteiger partial charge in [0.2, 0.25) is 0 Å². The zero-order chi connectivity index (χ0) is 16.5. The van der Waals surface area contributed by atoms with E-state index in [-0.39, 0.29) is 12.1 Å². The Morgan fingerprint density at radius 2 is 1.58 bits per heavy atom. The van der Waals surface area contributed by atoms with Gasteiger partial charge in [0.05, 0.1) is 23.5 Å². The van der Waals surface area contributed by atoms with E-state index in [9.17, 15) is 8.76 Å². The van der Waals surface area contributed by atoms with Gasteiger partial charge in [0.1, 0.15) is 0 Å². The number of ether oxygens (including phenoxy) is 1. The summed E-state index contributed by atoms with van der Waals surface area (Å²) >= 11 is -2.26. The molecule has 1 N–H and O–H groups in total. The highest BCUT2D eigenvalue weighted by molar-refractivity contribution is 7.74. The highest BCUT2D eigenvalue weighted by Gasteiger charge is 2.37. The third-order valence-corrected chi connectivity index (χ3v) is 5.09. The molecule has 1 fully saturated rings. The molecule has 0 amide bonds. The maximum atomic E-state index is 11.2. The molecule has 0 saturated heterocycles. The van der Waals surface area contributed by atoms with Crippen molar-refractivity contribution in [3.05, 3.63) is 48.5 Å². The molecule has 1 saturated carbocycles. The number of para-hydroxylation sites is 4. The minimum absolute atomic E-state index is 0.000972. The molecule has 2 aliphatic rings. The third-order valence-electron chi connectivity index (χ3n) is 4.67. The van der Waals surface area contributed by atoms with Crippen LogP contribution in [0, 0.1) is 0 Å². The van der Waals surface area contributed by atoms with E-state index in [1.807, 2.05) is 48.5 Å². The Bertz CT molecular complexity index is 721. The molecule has 6 heteroatoms.